The summed E-state index contributed by atoms with van der Waals surface area (Å²) in [6.07, 6.45) is 1.92. The smallest absolute Gasteiger partial charge is 0.342 e. The van der Waals surface area contributed by atoms with E-state index in [2.05, 4.69) is 0 Å². The Hall–Kier alpha value is -3.05. The zero-order chi connectivity index (χ0) is 19.2. The van der Waals surface area contributed by atoms with Gasteiger partial charge in [0.2, 0.25) is 0 Å². The molecule has 2 aromatic carbocycles. The van der Waals surface area contributed by atoms with Crippen LogP contribution in [-0.4, -0.2) is 18.2 Å². The first-order chi connectivity index (χ1) is 13.0. The lowest BCUT2D eigenvalue weighted by molar-refractivity contribution is -0.152. The molecule has 0 amide bonds. The van der Waals surface area contributed by atoms with Crippen molar-refractivity contribution in [2.75, 3.05) is 0 Å². The van der Waals surface area contributed by atoms with E-state index in [1.54, 1.807) is 49.4 Å². The number of benzene rings is 2. The number of rotatable bonds is 6. The molecule has 0 spiro atoms. The highest BCUT2D eigenvalue weighted by Gasteiger charge is 2.23. The molecule has 5 nitrogen and oxygen atoms in total. The summed E-state index contributed by atoms with van der Waals surface area (Å²) >= 11 is 6.09. The Kier molecular flexibility index (Phi) is 5.94. The summed E-state index contributed by atoms with van der Waals surface area (Å²) in [4.78, 5) is 24.1. The van der Waals surface area contributed by atoms with Crippen molar-refractivity contribution in [3.63, 3.8) is 0 Å². The Morgan fingerprint density at radius 1 is 1.15 bits per heavy atom. The fourth-order valence-corrected chi connectivity index (χ4v) is 2.59. The lowest BCUT2D eigenvalue weighted by Gasteiger charge is -2.12. The molecule has 0 saturated carbocycles. The third kappa shape index (κ3) is 4.77. The van der Waals surface area contributed by atoms with Crippen LogP contribution in [0.2, 0.25) is 5.02 Å². The molecule has 1 unspecified atom stereocenters. The summed E-state index contributed by atoms with van der Waals surface area (Å²) < 4.78 is 15.9. The maximum absolute atomic E-state index is 12.6. The van der Waals surface area contributed by atoms with Crippen molar-refractivity contribution in [2.24, 2.45) is 0 Å². The molecule has 1 atom stereocenters. The molecule has 1 heterocycles. The molecule has 6 heteroatoms. The molecule has 0 bridgehead atoms. The highest BCUT2D eigenvalue weighted by atomic mass is 35.5. The van der Waals surface area contributed by atoms with E-state index in [1.165, 1.54) is 12.3 Å². The van der Waals surface area contributed by atoms with Gasteiger partial charge in [-0.05, 0) is 18.6 Å². The van der Waals surface area contributed by atoms with Crippen molar-refractivity contribution in [1.82, 2.24) is 0 Å². The van der Waals surface area contributed by atoms with Gasteiger partial charge in [-0.1, -0.05) is 60.1 Å². The number of ether oxygens (including phenoxy) is 3. The molecule has 0 saturated heterocycles. The van der Waals surface area contributed by atoms with Gasteiger partial charge >= 0.3 is 11.9 Å². The standard InChI is InChI=1S/C21H17ClO5/c1-14-11-19(27-20(14)23)25-13-17(15-7-3-2-4-8-15)21(24)26-12-16-9-5-6-10-18(16)22/h2-11,13,19H,12H2,1H3/b17-13+. The molecule has 0 fully saturated rings. The molecule has 0 N–H and O–H groups in total. The molecule has 138 valence electrons. The van der Waals surface area contributed by atoms with E-state index in [-0.39, 0.29) is 12.2 Å². The minimum atomic E-state index is -0.868. The van der Waals surface area contributed by atoms with Crippen molar-refractivity contribution in [2.45, 2.75) is 19.8 Å². The highest BCUT2D eigenvalue weighted by Crippen LogP contribution is 2.21. The number of carbonyl (C=O) groups is 2. The third-order valence-corrected chi connectivity index (χ3v) is 4.24. The molecular formula is C21H17ClO5. The number of hydrogen-bond donors (Lipinski definition) is 0. The second-order valence-electron chi connectivity index (χ2n) is 5.82. The zero-order valence-electron chi connectivity index (χ0n) is 14.6. The van der Waals surface area contributed by atoms with Crippen LogP contribution in [0.15, 0.2) is 72.5 Å². The first-order valence-electron chi connectivity index (χ1n) is 8.25. The molecule has 1 aliphatic rings. The maximum Gasteiger partial charge on any atom is 0.342 e. The molecule has 0 aromatic heterocycles. The van der Waals surface area contributed by atoms with Gasteiger partial charge in [0.25, 0.3) is 6.29 Å². The summed E-state index contributed by atoms with van der Waals surface area (Å²) in [5, 5.41) is 0.519. The molecule has 2 aromatic rings. The van der Waals surface area contributed by atoms with Crippen LogP contribution in [0.1, 0.15) is 18.1 Å². The second-order valence-corrected chi connectivity index (χ2v) is 6.23. The molecule has 27 heavy (non-hydrogen) atoms. The quantitative estimate of drug-likeness (QED) is 0.423. The largest absolute Gasteiger partial charge is 0.458 e. The van der Waals surface area contributed by atoms with Crippen LogP contribution in [0.5, 0.6) is 0 Å². The SMILES string of the molecule is CC1=CC(O/C=C(/C(=O)OCc2ccccc2Cl)c2ccccc2)OC1=O. The van der Waals surface area contributed by atoms with Crippen LogP contribution in [-0.2, 0) is 30.4 Å². The average Bonchev–Trinajstić information content (AvgIpc) is 3.00. The van der Waals surface area contributed by atoms with Gasteiger partial charge in [-0.3, -0.25) is 0 Å². The normalized spacial score (nSPS) is 16.5. The second kappa shape index (κ2) is 8.56. The van der Waals surface area contributed by atoms with E-state index in [0.717, 1.165) is 0 Å². The number of cyclic esters (lactones) is 1. The number of hydrogen-bond acceptors (Lipinski definition) is 5. The van der Waals surface area contributed by atoms with E-state index in [1.807, 2.05) is 12.1 Å². The van der Waals surface area contributed by atoms with Gasteiger partial charge in [0.1, 0.15) is 18.4 Å². The van der Waals surface area contributed by atoms with Gasteiger partial charge in [0.05, 0.1) is 0 Å². The Bertz CT molecular complexity index is 902. The average molecular weight is 385 g/mol. The lowest BCUT2D eigenvalue weighted by atomic mass is 10.1. The number of esters is 2. The Morgan fingerprint density at radius 2 is 1.85 bits per heavy atom. The lowest BCUT2D eigenvalue weighted by Crippen LogP contribution is -2.12. The predicted molar refractivity (Wildman–Crippen MR) is 100 cm³/mol. The zero-order valence-corrected chi connectivity index (χ0v) is 15.3. The first kappa shape index (κ1) is 18.7. The van der Waals surface area contributed by atoms with Crippen molar-refractivity contribution in [3.8, 4) is 0 Å². The van der Waals surface area contributed by atoms with Crippen molar-refractivity contribution < 1.29 is 23.8 Å². The summed E-state index contributed by atoms with van der Waals surface area (Å²) in [5.41, 5.74) is 1.98. The Morgan fingerprint density at radius 3 is 2.52 bits per heavy atom. The number of carbonyl (C=O) groups excluding carboxylic acids is 2. The highest BCUT2D eigenvalue weighted by molar-refractivity contribution is 6.31. The maximum atomic E-state index is 12.6. The van der Waals surface area contributed by atoms with Crippen LogP contribution < -0.4 is 0 Å². The van der Waals surface area contributed by atoms with Gasteiger partial charge in [0.15, 0.2) is 0 Å². The summed E-state index contributed by atoms with van der Waals surface area (Å²) in [6.45, 7) is 1.66. The topological polar surface area (TPSA) is 61.8 Å². The van der Waals surface area contributed by atoms with Crippen LogP contribution in [0, 0.1) is 0 Å². The van der Waals surface area contributed by atoms with Gasteiger partial charge in [-0.15, -0.1) is 0 Å². The van der Waals surface area contributed by atoms with Crippen LogP contribution in [0.25, 0.3) is 5.57 Å². The van der Waals surface area contributed by atoms with Gasteiger partial charge in [0, 0.05) is 22.2 Å². The Labute approximate surface area is 161 Å². The minimum Gasteiger partial charge on any atom is -0.458 e. The molecular weight excluding hydrogens is 368 g/mol. The Balaban J connectivity index is 1.75. The van der Waals surface area contributed by atoms with Crippen LogP contribution >= 0.6 is 11.6 Å². The summed E-state index contributed by atoms with van der Waals surface area (Å²) in [5.74, 6) is -1.03. The van der Waals surface area contributed by atoms with Gasteiger partial charge in [-0.2, -0.15) is 0 Å². The van der Waals surface area contributed by atoms with E-state index in [0.29, 0.717) is 21.7 Å². The summed E-state index contributed by atoms with van der Waals surface area (Å²) in [7, 11) is 0. The van der Waals surface area contributed by atoms with Gasteiger partial charge in [-0.25, -0.2) is 9.59 Å². The van der Waals surface area contributed by atoms with Crippen molar-refractivity contribution >= 4 is 29.1 Å². The van der Waals surface area contributed by atoms with Crippen LogP contribution in [0.3, 0.4) is 0 Å². The summed E-state index contributed by atoms with van der Waals surface area (Å²) in [6, 6.07) is 16.1. The van der Waals surface area contributed by atoms with Crippen molar-refractivity contribution in [3.05, 3.63) is 88.7 Å². The van der Waals surface area contributed by atoms with E-state index in [9.17, 15) is 9.59 Å². The fraction of sp³-hybridized carbons (Fsp3) is 0.143. The van der Waals surface area contributed by atoms with E-state index >= 15 is 0 Å². The monoisotopic (exact) mass is 384 g/mol. The van der Waals surface area contributed by atoms with E-state index in [4.69, 9.17) is 25.8 Å². The first-order valence-corrected chi connectivity index (χ1v) is 8.63. The third-order valence-electron chi connectivity index (χ3n) is 3.87. The molecule has 0 radical (unpaired) electrons. The van der Waals surface area contributed by atoms with E-state index < -0.39 is 18.2 Å². The number of halogens is 1. The minimum absolute atomic E-state index is 0.0279. The fourth-order valence-electron chi connectivity index (χ4n) is 2.40. The molecule has 1 aliphatic heterocycles. The van der Waals surface area contributed by atoms with Crippen LogP contribution in [0.4, 0.5) is 0 Å². The predicted octanol–water partition coefficient (Wildman–Crippen LogP) is 4.27. The van der Waals surface area contributed by atoms with Gasteiger partial charge < -0.3 is 14.2 Å². The molecule has 3 rings (SSSR count). The molecule has 0 aliphatic carbocycles. The van der Waals surface area contributed by atoms with Crippen molar-refractivity contribution in [1.29, 1.82) is 0 Å².